The lowest BCUT2D eigenvalue weighted by Crippen LogP contribution is -2.23. The highest BCUT2D eigenvalue weighted by Crippen LogP contribution is 2.08. The molecule has 1 rings (SSSR count). The van der Waals surface area contributed by atoms with E-state index in [1.807, 2.05) is 13.8 Å². The molecule has 3 N–H and O–H groups in total. The molecule has 1 atom stereocenters. The van der Waals surface area contributed by atoms with Gasteiger partial charge in [-0.3, -0.25) is 0 Å². The minimum absolute atomic E-state index is 0.0503. The summed E-state index contributed by atoms with van der Waals surface area (Å²) < 4.78 is 0. The van der Waals surface area contributed by atoms with Gasteiger partial charge in [0.25, 0.3) is 0 Å². The quantitative estimate of drug-likeness (QED) is 0.655. The molecule has 0 saturated heterocycles. The number of aliphatic hydroxyl groups excluding tert-OH is 1. The molecule has 1 aromatic rings. The van der Waals surface area contributed by atoms with Gasteiger partial charge in [0.15, 0.2) is 0 Å². The molecule has 0 spiro atoms. The predicted octanol–water partition coefficient (Wildman–Crippen LogP) is 1.09. The van der Waals surface area contributed by atoms with Crippen molar-refractivity contribution < 1.29 is 5.11 Å². The summed E-state index contributed by atoms with van der Waals surface area (Å²) in [5.41, 5.74) is 0. The second-order valence-electron chi connectivity index (χ2n) is 3.23. The predicted molar refractivity (Wildman–Crippen MR) is 61.0 cm³/mol. The Morgan fingerprint density at radius 1 is 1.47 bits per heavy atom. The summed E-state index contributed by atoms with van der Waals surface area (Å²) in [6.45, 7) is 4.91. The third kappa shape index (κ3) is 3.71. The van der Waals surface area contributed by atoms with Gasteiger partial charge in [-0.2, -0.15) is 4.98 Å². The highest BCUT2D eigenvalue weighted by atomic mass is 16.3. The first-order valence-corrected chi connectivity index (χ1v) is 5.24. The van der Waals surface area contributed by atoms with Crippen LogP contribution in [0.1, 0.15) is 20.3 Å². The Kier molecular flexibility index (Phi) is 4.83. The van der Waals surface area contributed by atoms with Crippen molar-refractivity contribution in [2.24, 2.45) is 0 Å². The molecule has 1 unspecified atom stereocenters. The molecule has 0 saturated carbocycles. The van der Waals surface area contributed by atoms with Crippen LogP contribution in [0.2, 0.25) is 0 Å². The molecule has 1 aromatic heterocycles. The van der Waals surface area contributed by atoms with E-state index in [1.54, 1.807) is 12.3 Å². The van der Waals surface area contributed by atoms with Gasteiger partial charge >= 0.3 is 0 Å². The number of aliphatic hydroxyl groups is 1. The van der Waals surface area contributed by atoms with Crippen molar-refractivity contribution in [3.63, 3.8) is 0 Å². The minimum atomic E-state index is 0.0503. The van der Waals surface area contributed by atoms with Crippen molar-refractivity contribution in [1.82, 2.24) is 9.97 Å². The summed E-state index contributed by atoms with van der Waals surface area (Å²) in [7, 11) is 0. The number of anilines is 2. The number of aromatic nitrogens is 2. The van der Waals surface area contributed by atoms with E-state index in [2.05, 4.69) is 20.6 Å². The van der Waals surface area contributed by atoms with Crippen molar-refractivity contribution in [3.8, 4) is 0 Å². The topological polar surface area (TPSA) is 70.1 Å². The molecule has 0 aliphatic heterocycles. The molecular weight excluding hydrogens is 192 g/mol. The van der Waals surface area contributed by atoms with Crippen LogP contribution < -0.4 is 10.6 Å². The molecule has 0 amide bonds. The van der Waals surface area contributed by atoms with E-state index >= 15 is 0 Å². The van der Waals surface area contributed by atoms with E-state index in [0.29, 0.717) is 5.95 Å². The highest BCUT2D eigenvalue weighted by Gasteiger charge is 2.05. The normalized spacial score (nSPS) is 12.2. The lowest BCUT2D eigenvalue weighted by Gasteiger charge is -2.14. The molecule has 0 aliphatic carbocycles. The van der Waals surface area contributed by atoms with Gasteiger partial charge in [0, 0.05) is 12.7 Å². The summed E-state index contributed by atoms with van der Waals surface area (Å²) in [5, 5.41) is 15.2. The van der Waals surface area contributed by atoms with Crippen molar-refractivity contribution in [1.29, 1.82) is 0 Å². The molecule has 15 heavy (non-hydrogen) atoms. The molecule has 84 valence electrons. The number of hydrogen-bond donors (Lipinski definition) is 3. The van der Waals surface area contributed by atoms with Gasteiger partial charge in [0.05, 0.1) is 12.6 Å². The zero-order valence-corrected chi connectivity index (χ0v) is 9.20. The molecule has 1 heterocycles. The van der Waals surface area contributed by atoms with Gasteiger partial charge in [0.2, 0.25) is 5.95 Å². The van der Waals surface area contributed by atoms with E-state index in [9.17, 15) is 0 Å². The van der Waals surface area contributed by atoms with Crippen LogP contribution in [0.15, 0.2) is 12.3 Å². The molecule has 0 radical (unpaired) electrons. The lowest BCUT2D eigenvalue weighted by molar-refractivity contribution is 0.271. The van der Waals surface area contributed by atoms with E-state index in [0.717, 1.165) is 18.8 Å². The van der Waals surface area contributed by atoms with Crippen molar-refractivity contribution >= 4 is 11.8 Å². The Hall–Kier alpha value is -1.36. The van der Waals surface area contributed by atoms with Crippen LogP contribution in [0, 0.1) is 0 Å². The molecule has 0 fully saturated rings. The van der Waals surface area contributed by atoms with Gasteiger partial charge in [-0.1, -0.05) is 6.92 Å². The second-order valence-corrected chi connectivity index (χ2v) is 3.23. The summed E-state index contributed by atoms with van der Waals surface area (Å²) in [6.07, 6.45) is 2.55. The first-order valence-electron chi connectivity index (χ1n) is 5.24. The van der Waals surface area contributed by atoms with E-state index in [4.69, 9.17) is 5.11 Å². The fourth-order valence-electron chi connectivity index (χ4n) is 1.17. The SMILES string of the molecule is CCNc1nccc(NC(CC)CO)n1. The van der Waals surface area contributed by atoms with Crippen LogP contribution in [-0.4, -0.2) is 34.3 Å². The Morgan fingerprint density at radius 3 is 2.87 bits per heavy atom. The fraction of sp³-hybridized carbons (Fsp3) is 0.600. The summed E-state index contributed by atoms with van der Waals surface area (Å²) in [4.78, 5) is 8.32. The standard InChI is InChI=1S/C10H18N4O/c1-3-8(7-15)13-9-5-6-12-10(14-9)11-4-2/h5-6,8,15H,3-4,7H2,1-2H3,(H2,11,12,13,14). The summed E-state index contributed by atoms with van der Waals surface area (Å²) in [6, 6.07) is 1.84. The number of hydrogen-bond acceptors (Lipinski definition) is 5. The Balaban J connectivity index is 2.64. The van der Waals surface area contributed by atoms with Gasteiger partial charge in [-0.15, -0.1) is 0 Å². The van der Waals surface area contributed by atoms with Gasteiger partial charge in [0.1, 0.15) is 5.82 Å². The van der Waals surface area contributed by atoms with Gasteiger partial charge in [-0.05, 0) is 19.4 Å². The zero-order chi connectivity index (χ0) is 11.1. The monoisotopic (exact) mass is 210 g/mol. The fourth-order valence-corrected chi connectivity index (χ4v) is 1.17. The van der Waals surface area contributed by atoms with Crippen LogP contribution in [0.5, 0.6) is 0 Å². The minimum Gasteiger partial charge on any atom is -0.394 e. The molecular formula is C10H18N4O. The largest absolute Gasteiger partial charge is 0.394 e. The second kappa shape index (κ2) is 6.19. The van der Waals surface area contributed by atoms with Crippen molar-refractivity contribution in [2.45, 2.75) is 26.3 Å². The lowest BCUT2D eigenvalue weighted by atomic mass is 10.2. The van der Waals surface area contributed by atoms with Crippen LogP contribution >= 0.6 is 0 Å². The molecule has 5 heteroatoms. The molecule has 0 aliphatic rings. The first-order chi connectivity index (χ1) is 7.30. The maximum absolute atomic E-state index is 9.04. The number of nitrogens with zero attached hydrogens (tertiary/aromatic N) is 2. The third-order valence-electron chi connectivity index (χ3n) is 2.06. The van der Waals surface area contributed by atoms with E-state index in [1.165, 1.54) is 0 Å². The Labute approximate surface area is 90.0 Å². The van der Waals surface area contributed by atoms with Crippen LogP contribution in [0.3, 0.4) is 0 Å². The average molecular weight is 210 g/mol. The van der Waals surface area contributed by atoms with Crippen LogP contribution in [0.25, 0.3) is 0 Å². The van der Waals surface area contributed by atoms with Crippen molar-refractivity contribution in [3.05, 3.63) is 12.3 Å². The van der Waals surface area contributed by atoms with E-state index < -0.39 is 0 Å². The maximum Gasteiger partial charge on any atom is 0.224 e. The van der Waals surface area contributed by atoms with Gasteiger partial charge < -0.3 is 15.7 Å². The Bertz CT molecular complexity index is 289. The Morgan fingerprint density at radius 2 is 2.27 bits per heavy atom. The van der Waals surface area contributed by atoms with Crippen LogP contribution in [0.4, 0.5) is 11.8 Å². The smallest absolute Gasteiger partial charge is 0.224 e. The maximum atomic E-state index is 9.04. The third-order valence-corrected chi connectivity index (χ3v) is 2.06. The number of nitrogens with one attached hydrogen (secondary N) is 2. The molecule has 5 nitrogen and oxygen atoms in total. The molecule has 0 aromatic carbocycles. The first kappa shape index (κ1) is 11.7. The summed E-state index contributed by atoms with van der Waals surface area (Å²) in [5.74, 6) is 1.34. The number of rotatable bonds is 6. The van der Waals surface area contributed by atoms with E-state index in [-0.39, 0.29) is 12.6 Å². The summed E-state index contributed by atoms with van der Waals surface area (Å²) >= 11 is 0. The van der Waals surface area contributed by atoms with Crippen molar-refractivity contribution in [2.75, 3.05) is 23.8 Å². The van der Waals surface area contributed by atoms with Crippen LogP contribution in [-0.2, 0) is 0 Å². The van der Waals surface area contributed by atoms with Gasteiger partial charge in [-0.25, -0.2) is 4.98 Å². The average Bonchev–Trinajstić information content (AvgIpc) is 2.27. The zero-order valence-electron chi connectivity index (χ0n) is 9.20. The molecule has 0 bridgehead atoms. The highest BCUT2D eigenvalue weighted by molar-refractivity contribution is 5.40.